The smallest absolute Gasteiger partial charge is 0.248 e. The van der Waals surface area contributed by atoms with Crippen molar-refractivity contribution in [3.8, 4) is 5.75 Å². The van der Waals surface area contributed by atoms with Gasteiger partial charge in [-0.25, -0.2) is 9.97 Å². The lowest BCUT2D eigenvalue weighted by Gasteiger charge is -2.11. The number of ether oxygens (including phenoxy) is 1. The van der Waals surface area contributed by atoms with E-state index in [1.54, 1.807) is 18.2 Å². The highest BCUT2D eigenvalue weighted by Crippen LogP contribution is 2.27. The van der Waals surface area contributed by atoms with Crippen molar-refractivity contribution in [3.05, 3.63) is 96.8 Å². The van der Waals surface area contributed by atoms with E-state index < -0.39 is 5.91 Å². The van der Waals surface area contributed by atoms with E-state index in [1.807, 2.05) is 73.6 Å². The number of carbonyl (C=O) groups is 2. The highest BCUT2D eigenvalue weighted by molar-refractivity contribution is 6.04. The summed E-state index contributed by atoms with van der Waals surface area (Å²) in [5, 5.41) is 9.60. The molecule has 0 bridgehead atoms. The lowest BCUT2D eigenvalue weighted by molar-refractivity contribution is -0.117. The minimum Gasteiger partial charge on any atom is -0.489 e. The van der Waals surface area contributed by atoms with E-state index in [-0.39, 0.29) is 5.91 Å². The normalized spacial score (nSPS) is 11.1. The van der Waals surface area contributed by atoms with Crippen LogP contribution in [0.2, 0.25) is 0 Å². The second kappa shape index (κ2) is 13.7. The highest BCUT2D eigenvalue weighted by atomic mass is 16.5. The number of amides is 2. The third kappa shape index (κ3) is 8.65. The Balaban J connectivity index is 1.35. The van der Waals surface area contributed by atoms with Crippen LogP contribution in [0.3, 0.4) is 0 Å². The van der Waals surface area contributed by atoms with Gasteiger partial charge < -0.3 is 25.6 Å². The van der Waals surface area contributed by atoms with Gasteiger partial charge in [-0.05, 0) is 75.1 Å². The third-order valence-electron chi connectivity index (χ3n) is 5.74. The molecule has 1 heterocycles. The number of carbonyl (C=O) groups excluding carboxylic acids is 2. The molecule has 0 aliphatic heterocycles. The van der Waals surface area contributed by atoms with Gasteiger partial charge in [0.05, 0.1) is 5.52 Å². The first-order valence-electron chi connectivity index (χ1n) is 12.7. The Kier molecular flexibility index (Phi) is 9.57. The summed E-state index contributed by atoms with van der Waals surface area (Å²) in [7, 11) is 3.95. The molecule has 4 aromatic rings. The van der Waals surface area contributed by atoms with Gasteiger partial charge in [0.1, 0.15) is 24.5 Å². The topological polar surface area (TPSA) is 108 Å². The van der Waals surface area contributed by atoms with E-state index in [4.69, 9.17) is 4.74 Å². The predicted molar refractivity (Wildman–Crippen MR) is 154 cm³/mol. The fourth-order valence-corrected chi connectivity index (χ4v) is 3.75. The minimum atomic E-state index is -0.407. The number of benzene rings is 3. The maximum atomic E-state index is 12.4. The second-order valence-corrected chi connectivity index (χ2v) is 9.15. The van der Waals surface area contributed by atoms with Crippen LogP contribution >= 0.6 is 0 Å². The third-order valence-corrected chi connectivity index (χ3v) is 5.74. The Morgan fingerprint density at radius 3 is 2.41 bits per heavy atom. The molecule has 9 heteroatoms. The monoisotopic (exact) mass is 524 g/mol. The van der Waals surface area contributed by atoms with Crippen LogP contribution in [0.5, 0.6) is 5.75 Å². The van der Waals surface area contributed by atoms with Crippen molar-refractivity contribution in [1.82, 2.24) is 20.2 Å². The van der Waals surface area contributed by atoms with Crippen molar-refractivity contribution >= 4 is 39.9 Å². The lowest BCUT2D eigenvalue weighted by atomic mass is 10.2. The first-order chi connectivity index (χ1) is 19.0. The highest BCUT2D eigenvalue weighted by Gasteiger charge is 2.08. The van der Waals surface area contributed by atoms with E-state index >= 15 is 0 Å². The van der Waals surface area contributed by atoms with Crippen LogP contribution in [0.25, 0.3) is 10.9 Å². The quantitative estimate of drug-likeness (QED) is 0.185. The molecule has 9 nitrogen and oxygen atoms in total. The second-order valence-electron chi connectivity index (χ2n) is 9.15. The minimum absolute atomic E-state index is 0.307. The summed E-state index contributed by atoms with van der Waals surface area (Å²) < 4.78 is 5.86. The van der Waals surface area contributed by atoms with Crippen LogP contribution in [0.4, 0.5) is 17.2 Å². The van der Waals surface area contributed by atoms with E-state index in [0.717, 1.165) is 40.9 Å². The van der Waals surface area contributed by atoms with E-state index in [0.29, 0.717) is 24.7 Å². The van der Waals surface area contributed by atoms with Crippen LogP contribution in [-0.2, 0) is 16.2 Å². The number of aromatic nitrogens is 2. The summed E-state index contributed by atoms with van der Waals surface area (Å²) in [6.07, 6.45) is 4.77. The van der Waals surface area contributed by atoms with Gasteiger partial charge in [-0.2, -0.15) is 0 Å². The molecule has 0 aliphatic rings. The first-order valence-corrected chi connectivity index (χ1v) is 12.7. The van der Waals surface area contributed by atoms with Crippen molar-refractivity contribution in [2.45, 2.75) is 13.0 Å². The molecule has 200 valence electrons. The maximum Gasteiger partial charge on any atom is 0.248 e. The molecule has 0 fully saturated rings. The molecule has 0 aliphatic carbocycles. The number of anilines is 3. The largest absolute Gasteiger partial charge is 0.489 e. The van der Waals surface area contributed by atoms with Gasteiger partial charge in [-0.3, -0.25) is 9.59 Å². The Hall–Kier alpha value is -4.76. The Morgan fingerprint density at radius 1 is 0.897 bits per heavy atom. The number of nitrogens with zero attached hydrogens (tertiary/aromatic N) is 3. The Bertz CT molecular complexity index is 1420. The van der Waals surface area contributed by atoms with Crippen molar-refractivity contribution in [2.75, 3.05) is 37.8 Å². The molecule has 1 aromatic heterocycles. The number of nitrogens with one attached hydrogen (secondary N) is 3. The SMILES string of the molecule is CN(C)CCCNC(=O)C=CC(=O)Nc1ccc2ncnc(Nc3ccc(OCc4ccccc4)cc3)c2c1. The summed E-state index contributed by atoms with van der Waals surface area (Å²) in [5.41, 5.74) is 3.22. The molecule has 39 heavy (non-hydrogen) atoms. The van der Waals surface area contributed by atoms with Crippen molar-refractivity contribution in [2.24, 2.45) is 0 Å². The molecule has 0 spiro atoms. The van der Waals surface area contributed by atoms with Gasteiger partial charge in [-0.1, -0.05) is 30.3 Å². The van der Waals surface area contributed by atoms with Crippen LogP contribution in [0, 0.1) is 0 Å². The Labute approximate surface area is 227 Å². The molecular formula is C30H32N6O3. The summed E-state index contributed by atoms with van der Waals surface area (Å²) in [4.78, 5) is 35.1. The van der Waals surface area contributed by atoms with E-state index in [1.165, 1.54) is 18.5 Å². The number of fused-ring (bicyclic) bond motifs is 1. The molecule has 0 saturated heterocycles. The van der Waals surface area contributed by atoms with Gasteiger partial charge in [0, 0.05) is 35.5 Å². The van der Waals surface area contributed by atoms with Gasteiger partial charge in [-0.15, -0.1) is 0 Å². The van der Waals surface area contributed by atoms with Crippen LogP contribution in [-0.4, -0.2) is 53.9 Å². The number of rotatable bonds is 12. The predicted octanol–water partition coefficient (Wildman–Crippen LogP) is 4.52. The standard InChI is InChI=1S/C30H32N6O3/c1-36(2)18-6-17-31-28(37)15-16-29(38)34-24-11-14-27-26(19-24)30(33-21-32-27)35-23-9-12-25(13-10-23)39-20-22-7-4-3-5-8-22/h3-5,7-16,19,21H,6,17-18,20H2,1-2H3,(H,31,37)(H,34,38)(H,32,33,35). The van der Waals surface area contributed by atoms with Gasteiger partial charge in [0.15, 0.2) is 0 Å². The molecule has 3 N–H and O–H groups in total. The molecule has 0 atom stereocenters. The van der Waals surface area contributed by atoms with Crippen LogP contribution < -0.4 is 20.7 Å². The lowest BCUT2D eigenvalue weighted by Crippen LogP contribution is -2.25. The number of hydrogen-bond acceptors (Lipinski definition) is 7. The average Bonchev–Trinajstić information content (AvgIpc) is 2.94. The zero-order chi connectivity index (χ0) is 27.5. The Morgan fingerprint density at radius 2 is 1.64 bits per heavy atom. The van der Waals surface area contributed by atoms with Crippen molar-refractivity contribution in [1.29, 1.82) is 0 Å². The fraction of sp³-hybridized carbons (Fsp3) is 0.200. The summed E-state index contributed by atoms with van der Waals surface area (Å²) in [5.74, 6) is 0.646. The summed E-state index contributed by atoms with van der Waals surface area (Å²) in [6, 6.07) is 23.0. The summed E-state index contributed by atoms with van der Waals surface area (Å²) >= 11 is 0. The molecule has 3 aromatic carbocycles. The van der Waals surface area contributed by atoms with Gasteiger partial charge in [0.25, 0.3) is 0 Å². The van der Waals surface area contributed by atoms with Gasteiger partial charge in [0.2, 0.25) is 11.8 Å². The molecule has 2 amide bonds. The fourth-order valence-electron chi connectivity index (χ4n) is 3.75. The van der Waals surface area contributed by atoms with Crippen molar-refractivity contribution in [3.63, 3.8) is 0 Å². The van der Waals surface area contributed by atoms with Crippen LogP contribution in [0.15, 0.2) is 91.3 Å². The van der Waals surface area contributed by atoms with Crippen molar-refractivity contribution < 1.29 is 14.3 Å². The molecule has 0 radical (unpaired) electrons. The van der Waals surface area contributed by atoms with Crippen LogP contribution in [0.1, 0.15) is 12.0 Å². The molecule has 0 unspecified atom stereocenters. The average molecular weight is 525 g/mol. The van der Waals surface area contributed by atoms with E-state index in [2.05, 4.69) is 25.9 Å². The first kappa shape index (κ1) is 27.3. The number of hydrogen-bond donors (Lipinski definition) is 3. The van der Waals surface area contributed by atoms with Gasteiger partial charge >= 0.3 is 0 Å². The van der Waals surface area contributed by atoms with E-state index in [9.17, 15) is 9.59 Å². The molecule has 4 rings (SSSR count). The maximum absolute atomic E-state index is 12.4. The zero-order valence-corrected chi connectivity index (χ0v) is 22.1. The molecular weight excluding hydrogens is 492 g/mol. The summed E-state index contributed by atoms with van der Waals surface area (Å²) in [6.45, 7) is 1.92. The zero-order valence-electron chi connectivity index (χ0n) is 22.1. The molecule has 0 saturated carbocycles.